The van der Waals surface area contributed by atoms with Gasteiger partial charge < -0.3 is 25.3 Å². The van der Waals surface area contributed by atoms with E-state index in [1.165, 1.54) is 19.3 Å². The lowest BCUT2D eigenvalue weighted by Crippen LogP contribution is -2.56. The van der Waals surface area contributed by atoms with E-state index in [2.05, 4.69) is 21.7 Å². The Balaban J connectivity index is 1.23. The molecular weight excluding hydrogens is 458 g/mol. The van der Waals surface area contributed by atoms with E-state index in [-0.39, 0.29) is 41.4 Å². The molecule has 3 N–H and O–H groups in total. The first kappa shape index (κ1) is 22.9. The summed E-state index contributed by atoms with van der Waals surface area (Å²) in [6.07, 6.45) is 5.12. The number of likely N-dealkylation sites (tertiary alicyclic amines) is 1. The molecule has 4 unspecified atom stereocenters. The van der Waals surface area contributed by atoms with Crippen molar-refractivity contribution in [3.05, 3.63) is 30.0 Å². The Morgan fingerprint density at radius 3 is 2.78 bits per heavy atom. The number of hydrogen-bond acceptors (Lipinski definition) is 5. The number of aromatic amines is 1. The molecular formula is C27H31N5O4. The van der Waals surface area contributed by atoms with Crippen molar-refractivity contribution in [3.63, 3.8) is 0 Å². The summed E-state index contributed by atoms with van der Waals surface area (Å²) >= 11 is 0. The zero-order valence-corrected chi connectivity index (χ0v) is 20.4. The van der Waals surface area contributed by atoms with Crippen LogP contribution >= 0.6 is 0 Å². The highest BCUT2D eigenvalue weighted by Crippen LogP contribution is 2.69. The molecule has 9 nitrogen and oxygen atoms in total. The van der Waals surface area contributed by atoms with Gasteiger partial charge in [0.15, 0.2) is 0 Å². The van der Waals surface area contributed by atoms with Gasteiger partial charge in [-0.1, -0.05) is 6.07 Å². The predicted molar refractivity (Wildman–Crippen MR) is 131 cm³/mol. The largest absolute Gasteiger partial charge is 0.496 e. The minimum atomic E-state index is -0.769. The normalized spacial score (nSPS) is 31.2. The summed E-state index contributed by atoms with van der Waals surface area (Å²) in [7, 11) is 1.60. The predicted octanol–water partition coefficient (Wildman–Crippen LogP) is 2.34. The summed E-state index contributed by atoms with van der Waals surface area (Å²) < 4.78 is 5.44. The first-order valence-electron chi connectivity index (χ1n) is 12.8. The molecule has 3 aliphatic carbocycles. The van der Waals surface area contributed by atoms with Gasteiger partial charge in [0.25, 0.3) is 5.91 Å². The third-order valence-corrected chi connectivity index (χ3v) is 9.05. The summed E-state index contributed by atoms with van der Waals surface area (Å²) in [5.41, 5.74) is 1.48. The van der Waals surface area contributed by atoms with Crippen LogP contribution in [0.25, 0.3) is 10.9 Å². The van der Waals surface area contributed by atoms with Crippen molar-refractivity contribution >= 4 is 28.6 Å². The van der Waals surface area contributed by atoms with Gasteiger partial charge in [0.05, 0.1) is 13.2 Å². The Hall–Kier alpha value is -3.54. The van der Waals surface area contributed by atoms with Gasteiger partial charge in [-0.15, -0.1) is 0 Å². The average Bonchev–Trinajstić information content (AvgIpc) is 3.54. The van der Waals surface area contributed by atoms with Crippen molar-refractivity contribution in [2.75, 3.05) is 20.2 Å². The second-order valence-corrected chi connectivity index (χ2v) is 11.1. The third kappa shape index (κ3) is 3.62. The number of nitrogens with zero attached hydrogens (tertiary/aromatic N) is 2. The molecule has 5 aliphatic rings. The van der Waals surface area contributed by atoms with E-state index < -0.39 is 12.1 Å². The number of rotatable bonds is 7. The summed E-state index contributed by atoms with van der Waals surface area (Å²) in [6, 6.07) is 8.13. The van der Waals surface area contributed by atoms with Crippen LogP contribution in [-0.4, -0.2) is 59.9 Å². The van der Waals surface area contributed by atoms with Crippen LogP contribution in [0.4, 0.5) is 0 Å². The van der Waals surface area contributed by atoms with Crippen LogP contribution in [0.1, 0.15) is 49.0 Å². The number of ether oxygens (including phenoxy) is 1. The number of aromatic nitrogens is 1. The monoisotopic (exact) mass is 489 g/mol. The Labute approximate surface area is 209 Å². The lowest BCUT2D eigenvalue weighted by Gasteiger charge is -2.65. The first-order valence-corrected chi connectivity index (χ1v) is 12.8. The zero-order chi connectivity index (χ0) is 25.0. The number of hydrogen-bond donors (Lipinski definition) is 3. The van der Waals surface area contributed by atoms with Crippen molar-refractivity contribution in [2.45, 2.75) is 50.6 Å². The zero-order valence-electron chi connectivity index (χ0n) is 20.4. The molecule has 36 heavy (non-hydrogen) atoms. The maximum absolute atomic E-state index is 13.8. The van der Waals surface area contributed by atoms with Crippen molar-refractivity contribution in [1.29, 1.82) is 5.26 Å². The quantitative estimate of drug-likeness (QED) is 0.550. The molecule has 0 radical (unpaired) electrons. The van der Waals surface area contributed by atoms with Gasteiger partial charge in [0.1, 0.15) is 23.5 Å². The van der Waals surface area contributed by atoms with Crippen LogP contribution in [0.15, 0.2) is 24.3 Å². The molecule has 2 aliphatic heterocycles. The van der Waals surface area contributed by atoms with Crippen molar-refractivity contribution in [3.8, 4) is 11.8 Å². The van der Waals surface area contributed by atoms with E-state index in [0.29, 0.717) is 37.4 Å². The average molecular weight is 490 g/mol. The molecule has 2 aromatic rings. The Morgan fingerprint density at radius 1 is 1.33 bits per heavy atom. The molecule has 7 rings (SSSR count). The number of amides is 3. The van der Waals surface area contributed by atoms with Gasteiger partial charge in [0.2, 0.25) is 11.8 Å². The third-order valence-electron chi connectivity index (χ3n) is 9.05. The van der Waals surface area contributed by atoms with E-state index in [0.717, 1.165) is 16.8 Å². The Bertz CT molecular complexity index is 1260. The molecule has 5 fully saturated rings. The smallest absolute Gasteiger partial charge is 0.270 e. The minimum absolute atomic E-state index is 0.0694. The van der Waals surface area contributed by atoms with Crippen LogP contribution in [0, 0.1) is 34.5 Å². The van der Waals surface area contributed by atoms with E-state index in [1.54, 1.807) is 18.1 Å². The summed E-state index contributed by atoms with van der Waals surface area (Å²) in [6.45, 7) is 1.14. The van der Waals surface area contributed by atoms with Gasteiger partial charge in [-0.05, 0) is 74.0 Å². The number of methoxy groups -OCH3 is 1. The second kappa shape index (κ2) is 8.54. The van der Waals surface area contributed by atoms with Gasteiger partial charge in [0, 0.05) is 29.9 Å². The van der Waals surface area contributed by atoms with Crippen LogP contribution in [0.3, 0.4) is 0 Å². The van der Waals surface area contributed by atoms with Crippen molar-refractivity contribution in [1.82, 2.24) is 20.5 Å². The van der Waals surface area contributed by atoms with Crippen LogP contribution in [0.2, 0.25) is 0 Å². The molecule has 188 valence electrons. The number of carbonyl (C=O) groups excluding carboxylic acids is 3. The van der Waals surface area contributed by atoms with Crippen molar-refractivity contribution in [2.24, 2.45) is 23.2 Å². The maximum Gasteiger partial charge on any atom is 0.270 e. The van der Waals surface area contributed by atoms with E-state index in [9.17, 15) is 19.6 Å². The van der Waals surface area contributed by atoms with Crippen LogP contribution in [-0.2, 0) is 9.59 Å². The molecule has 2 bridgehead atoms. The van der Waals surface area contributed by atoms with Gasteiger partial charge in [-0.25, -0.2) is 0 Å². The standard InChI is InChI=1S/C27H31N5O4/c1-36-23-4-2-3-20-19(23)9-21(31-20)26(35)32-14-17(27-10-15(11-27)12-27)8-22(32)25(34)30-18(13-28)7-16-5-6-29-24(16)33/h2-4,9,15-18,22,31H,5-8,10-12,14H2,1H3,(H,29,33)(H,30,34). The lowest BCUT2D eigenvalue weighted by atomic mass is 9.40. The molecule has 4 atom stereocenters. The highest BCUT2D eigenvalue weighted by Gasteiger charge is 2.62. The fraction of sp³-hybridized carbons (Fsp3) is 0.556. The summed E-state index contributed by atoms with van der Waals surface area (Å²) in [5, 5.41) is 16.1. The van der Waals surface area contributed by atoms with Crippen molar-refractivity contribution < 1.29 is 19.1 Å². The van der Waals surface area contributed by atoms with Crippen LogP contribution in [0.5, 0.6) is 5.75 Å². The molecule has 0 spiro atoms. The fourth-order valence-corrected chi connectivity index (χ4v) is 6.94. The lowest BCUT2D eigenvalue weighted by molar-refractivity contribution is -0.147. The number of benzene rings is 1. The molecule has 3 heterocycles. The molecule has 1 aromatic heterocycles. The first-order chi connectivity index (χ1) is 17.4. The van der Waals surface area contributed by atoms with Crippen LogP contribution < -0.4 is 15.4 Å². The highest BCUT2D eigenvalue weighted by atomic mass is 16.5. The van der Waals surface area contributed by atoms with E-state index >= 15 is 0 Å². The van der Waals surface area contributed by atoms with Gasteiger partial charge >= 0.3 is 0 Å². The second-order valence-electron chi connectivity index (χ2n) is 11.1. The fourth-order valence-electron chi connectivity index (χ4n) is 6.94. The molecule has 3 saturated carbocycles. The molecule has 9 heteroatoms. The summed E-state index contributed by atoms with van der Waals surface area (Å²) in [5.74, 6) is 0.900. The number of fused-ring (bicyclic) bond motifs is 1. The minimum Gasteiger partial charge on any atom is -0.496 e. The number of nitrogens with one attached hydrogen (secondary N) is 3. The number of carbonyl (C=O) groups is 3. The van der Waals surface area contributed by atoms with Gasteiger partial charge in [-0.2, -0.15) is 5.26 Å². The SMILES string of the molecule is COc1cccc2[nH]c(C(=O)N3CC(C45CC(C4)C5)CC3C(=O)NC(C#N)CC3CCNC3=O)cc12. The van der Waals surface area contributed by atoms with Gasteiger partial charge in [-0.3, -0.25) is 14.4 Å². The molecule has 1 aromatic carbocycles. The Kier molecular flexibility index (Phi) is 5.43. The maximum atomic E-state index is 13.8. The molecule has 3 amide bonds. The van der Waals surface area contributed by atoms with E-state index in [4.69, 9.17) is 4.74 Å². The number of nitriles is 1. The Morgan fingerprint density at radius 2 is 2.14 bits per heavy atom. The summed E-state index contributed by atoms with van der Waals surface area (Å²) in [4.78, 5) is 44.1. The van der Waals surface area contributed by atoms with E-state index in [1.807, 2.05) is 18.2 Å². The topological polar surface area (TPSA) is 127 Å². The highest BCUT2D eigenvalue weighted by molar-refractivity contribution is 6.01. The number of H-pyrrole nitrogens is 1. The molecule has 2 saturated heterocycles.